The van der Waals surface area contributed by atoms with Gasteiger partial charge >= 0.3 is 5.97 Å². The molecule has 0 radical (unpaired) electrons. The Morgan fingerprint density at radius 3 is 2.44 bits per heavy atom. The molecular weight excluding hydrogens is 452 g/mol. The van der Waals surface area contributed by atoms with E-state index < -0.39 is 6.10 Å². The highest BCUT2D eigenvalue weighted by atomic mass is 16.5. The van der Waals surface area contributed by atoms with Crippen LogP contribution in [0.4, 0.5) is 5.95 Å². The number of nitrogens with zero attached hydrogens (tertiary/aromatic N) is 3. The van der Waals surface area contributed by atoms with Gasteiger partial charge in [0.25, 0.3) is 0 Å². The lowest BCUT2D eigenvalue weighted by Crippen LogP contribution is -2.32. The summed E-state index contributed by atoms with van der Waals surface area (Å²) in [6.07, 6.45) is 1.17. The van der Waals surface area contributed by atoms with Crippen molar-refractivity contribution >= 4 is 17.6 Å². The maximum atomic E-state index is 12.0. The number of fused-ring (bicyclic) bond motifs is 3. The van der Waals surface area contributed by atoms with Crippen LogP contribution in [0.2, 0.25) is 0 Å². The van der Waals surface area contributed by atoms with Gasteiger partial charge in [-0.2, -0.15) is 10.1 Å². The van der Waals surface area contributed by atoms with Gasteiger partial charge in [-0.15, -0.1) is 0 Å². The number of carbonyl (C=O) groups is 1. The largest absolute Gasteiger partial charge is 0.480 e. The minimum absolute atomic E-state index is 0.224. The second kappa shape index (κ2) is 8.68. The van der Waals surface area contributed by atoms with Crippen LogP contribution in [-0.2, 0) is 4.74 Å². The highest BCUT2D eigenvalue weighted by Crippen LogP contribution is 2.50. The minimum Gasteiger partial charge on any atom is -0.480 e. The van der Waals surface area contributed by atoms with Crippen molar-refractivity contribution in [1.82, 2.24) is 14.8 Å². The number of nitrogens with one attached hydrogen (secondary N) is 1. The van der Waals surface area contributed by atoms with Crippen LogP contribution in [-0.4, -0.2) is 27.8 Å². The smallest absolute Gasteiger partial charge is 0.337 e. The quantitative estimate of drug-likeness (QED) is 0.377. The number of para-hydroxylation sites is 1. The van der Waals surface area contributed by atoms with E-state index in [1.165, 1.54) is 12.7 Å². The van der Waals surface area contributed by atoms with Crippen molar-refractivity contribution < 1.29 is 14.3 Å². The Kier molecular flexibility index (Phi) is 5.33. The Labute approximate surface area is 209 Å². The fourth-order valence-electron chi connectivity index (χ4n) is 4.99. The van der Waals surface area contributed by atoms with Gasteiger partial charge in [0, 0.05) is 11.1 Å². The molecule has 0 saturated heterocycles. The highest BCUT2D eigenvalue weighted by Gasteiger charge is 2.40. The van der Waals surface area contributed by atoms with Crippen LogP contribution in [0.5, 0.6) is 5.75 Å². The highest BCUT2D eigenvalue weighted by molar-refractivity contribution is 5.89. The molecule has 1 N–H and O–H groups in total. The Morgan fingerprint density at radius 2 is 1.72 bits per heavy atom. The van der Waals surface area contributed by atoms with E-state index in [0.717, 1.165) is 33.7 Å². The summed E-state index contributed by atoms with van der Waals surface area (Å²) >= 11 is 0. The molecule has 7 nitrogen and oxygen atoms in total. The SMILES string of the molecule is COC(=O)c1ccc([C@H]2Oc3ccccc3C3=C2[C@@H](c2ccc(C(C)C)cc2)n2ncnc2N3)cc1. The van der Waals surface area contributed by atoms with Crippen LogP contribution in [0.15, 0.2) is 84.7 Å². The van der Waals surface area contributed by atoms with Crippen LogP contribution in [0.1, 0.15) is 64.5 Å². The fraction of sp³-hybridized carbons (Fsp3) is 0.207. The van der Waals surface area contributed by atoms with Crippen molar-refractivity contribution in [3.63, 3.8) is 0 Å². The van der Waals surface area contributed by atoms with E-state index in [2.05, 4.69) is 59.6 Å². The number of esters is 1. The van der Waals surface area contributed by atoms with Gasteiger partial charge in [-0.25, -0.2) is 9.48 Å². The number of hydrogen-bond donors (Lipinski definition) is 1. The van der Waals surface area contributed by atoms with E-state index in [-0.39, 0.29) is 12.0 Å². The number of hydrogen-bond acceptors (Lipinski definition) is 6. The first-order valence-corrected chi connectivity index (χ1v) is 12.0. The molecule has 36 heavy (non-hydrogen) atoms. The predicted octanol–water partition coefficient (Wildman–Crippen LogP) is 5.75. The molecule has 0 bridgehead atoms. The van der Waals surface area contributed by atoms with Gasteiger partial charge in [-0.3, -0.25) is 0 Å². The molecule has 0 saturated carbocycles. The molecular formula is C29H26N4O3. The average Bonchev–Trinajstić information content (AvgIpc) is 3.39. The third-order valence-corrected chi connectivity index (χ3v) is 6.87. The number of benzene rings is 3. The number of rotatable bonds is 4. The van der Waals surface area contributed by atoms with Crippen LogP contribution in [0, 0.1) is 0 Å². The van der Waals surface area contributed by atoms with Gasteiger partial charge in [0.2, 0.25) is 5.95 Å². The Hall–Kier alpha value is -4.39. The molecule has 6 rings (SSSR count). The molecule has 2 aliphatic heterocycles. The standard InChI is InChI=1S/C29H26N4O3/c1-17(2)18-8-10-19(11-9-18)26-24-25(32-29-30-16-31-33(26)29)22-6-4-5-7-23(22)36-27(24)20-12-14-21(15-13-20)28(34)35-3/h4-17,26-27H,1-3H3,(H,30,31,32)/t26-,27-/m1/s1. The van der Waals surface area contributed by atoms with Crippen LogP contribution in [0.3, 0.4) is 0 Å². The molecule has 180 valence electrons. The van der Waals surface area contributed by atoms with Gasteiger partial charge in [0.1, 0.15) is 24.2 Å². The maximum Gasteiger partial charge on any atom is 0.337 e. The zero-order valence-corrected chi connectivity index (χ0v) is 20.3. The Balaban J connectivity index is 1.54. The Morgan fingerprint density at radius 1 is 1.00 bits per heavy atom. The van der Waals surface area contributed by atoms with E-state index in [9.17, 15) is 4.79 Å². The lowest BCUT2D eigenvalue weighted by molar-refractivity contribution is 0.0600. The van der Waals surface area contributed by atoms with Gasteiger partial charge in [-0.05, 0) is 46.9 Å². The van der Waals surface area contributed by atoms with Crippen LogP contribution >= 0.6 is 0 Å². The van der Waals surface area contributed by atoms with Crippen LogP contribution < -0.4 is 10.1 Å². The van der Waals surface area contributed by atoms with Crippen molar-refractivity contribution in [2.45, 2.75) is 31.9 Å². The molecule has 1 aromatic heterocycles. The van der Waals surface area contributed by atoms with Gasteiger partial charge in [0.05, 0.1) is 18.4 Å². The molecule has 2 aliphatic rings. The zero-order valence-electron chi connectivity index (χ0n) is 20.3. The van der Waals surface area contributed by atoms with E-state index in [0.29, 0.717) is 17.4 Å². The Bertz CT molecular complexity index is 1470. The number of carbonyl (C=O) groups excluding carboxylic acids is 1. The third-order valence-electron chi connectivity index (χ3n) is 6.87. The molecule has 7 heteroatoms. The van der Waals surface area contributed by atoms with E-state index in [1.807, 2.05) is 35.0 Å². The summed E-state index contributed by atoms with van der Waals surface area (Å²) in [5.41, 5.74) is 6.78. The zero-order chi connectivity index (χ0) is 24.8. The lowest BCUT2D eigenvalue weighted by atomic mass is 9.84. The van der Waals surface area contributed by atoms with Gasteiger partial charge in [-0.1, -0.05) is 62.4 Å². The van der Waals surface area contributed by atoms with Crippen molar-refractivity contribution in [1.29, 1.82) is 0 Å². The van der Waals surface area contributed by atoms with Crippen molar-refractivity contribution in [3.8, 4) is 5.75 Å². The summed E-state index contributed by atoms with van der Waals surface area (Å²) in [5.74, 6) is 1.54. The van der Waals surface area contributed by atoms with Crippen LogP contribution in [0.25, 0.3) is 5.70 Å². The average molecular weight is 479 g/mol. The summed E-state index contributed by atoms with van der Waals surface area (Å²) < 4.78 is 13.4. The first kappa shape index (κ1) is 22.1. The predicted molar refractivity (Wildman–Crippen MR) is 137 cm³/mol. The number of ether oxygens (including phenoxy) is 2. The topological polar surface area (TPSA) is 78.3 Å². The molecule has 0 spiro atoms. The summed E-state index contributed by atoms with van der Waals surface area (Å²) in [4.78, 5) is 16.5. The van der Waals surface area contributed by atoms with E-state index >= 15 is 0 Å². The molecule has 3 aromatic carbocycles. The normalized spacial score (nSPS) is 18.0. The molecule has 0 amide bonds. The molecule has 0 fully saturated rings. The maximum absolute atomic E-state index is 12.0. The first-order valence-electron chi connectivity index (χ1n) is 12.0. The summed E-state index contributed by atoms with van der Waals surface area (Å²) in [7, 11) is 1.38. The minimum atomic E-state index is -0.402. The molecule has 4 aromatic rings. The van der Waals surface area contributed by atoms with E-state index in [1.54, 1.807) is 18.5 Å². The summed E-state index contributed by atoms with van der Waals surface area (Å²) in [6, 6.07) is 23.9. The monoisotopic (exact) mass is 478 g/mol. The van der Waals surface area contributed by atoms with E-state index in [4.69, 9.17) is 9.47 Å². The second-order valence-corrected chi connectivity index (χ2v) is 9.32. The van der Waals surface area contributed by atoms with Gasteiger partial charge in [0.15, 0.2) is 0 Å². The van der Waals surface area contributed by atoms with Crippen molar-refractivity contribution in [3.05, 3.63) is 113 Å². The molecule has 3 heterocycles. The number of aromatic nitrogens is 3. The molecule has 2 atom stereocenters. The van der Waals surface area contributed by atoms with Gasteiger partial charge < -0.3 is 14.8 Å². The fourth-order valence-corrected chi connectivity index (χ4v) is 4.99. The summed E-state index contributed by atoms with van der Waals surface area (Å²) in [5, 5.41) is 8.11. The third kappa shape index (κ3) is 3.55. The van der Waals surface area contributed by atoms with Crippen molar-refractivity contribution in [2.75, 3.05) is 12.4 Å². The molecule has 0 unspecified atom stereocenters. The number of anilines is 1. The first-order chi connectivity index (χ1) is 17.5. The lowest BCUT2D eigenvalue weighted by Gasteiger charge is -2.39. The number of methoxy groups -OCH3 is 1. The molecule has 0 aliphatic carbocycles. The van der Waals surface area contributed by atoms with Crippen molar-refractivity contribution in [2.24, 2.45) is 0 Å². The second-order valence-electron chi connectivity index (χ2n) is 9.32. The summed E-state index contributed by atoms with van der Waals surface area (Å²) in [6.45, 7) is 4.38.